The molecule has 0 saturated heterocycles. The highest BCUT2D eigenvalue weighted by Gasteiger charge is 2.08. The van der Waals surface area contributed by atoms with E-state index in [0.29, 0.717) is 17.1 Å². The van der Waals surface area contributed by atoms with E-state index >= 15 is 0 Å². The summed E-state index contributed by atoms with van der Waals surface area (Å²) >= 11 is 1.49. The number of hydrogen-bond donors (Lipinski definition) is 2. The molecule has 1 amide bonds. The molecule has 0 saturated carbocycles. The van der Waals surface area contributed by atoms with E-state index in [1.807, 2.05) is 17.5 Å². The van der Waals surface area contributed by atoms with Crippen LogP contribution < -0.4 is 16.4 Å². The lowest BCUT2D eigenvalue weighted by Crippen LogP contribution is -2.27. The van der Waals surface area contributed by atoms with Crippen LogP contribution >= 0.6 is 11.3 Å². The van der Waals surface area contributed by atoms with Crippen LogP contribution in [0.2, 0.25) is 0 Å². The third-order valence-corrected chi connectivity index (χ3v) is 5.00. The Labute approximate surface area is 168 Å². The molecular formula is C20H15N5O3S. The molecule has 0 aliphatic rings. The summed E-state index contributed by atoms with van der Waals surface area (Å²) in [5, 5.41) is 11.0. The molecule has 4 rings (SSSR count). The summed E-state index contributed by atoms with van der Waals surface area (Å²) in [5.41, 5.74) is 2.02. The van der Waals surface area contributed by atoms with E-state index in [-0.39, 0.29) is 23.6 Å². The maximum absolute atomic E-state index is 12.3. The summed E-state index contributed by atoms with van der Waals surface area (Å²) in [6, 6.07) is 15.2. The number of aromatic nitrogens is 4. The second-order valence-electron chi connectivity index (χ2n) is 6.15. The first-order valence-electron chi connectivity index (χ1n) is 8.65. The fourth-order valence-electron chi connectivity index (χ4n) is 2.69. The number of hydrogen-bond acceptors (Lipinski definition) is 6. The third kappa shape index (κ3) is 4.36. The highest BCUT2D eigenvalue weighted by Crippen LogP contribution is 2.21. The van der Waals surface area contributed by atoms with E-state index in [4.69, 9.17) is 0 Å². The molecule has 4 aromatic rings. The molecule has 9 heteroatoms. The number of amides is 1. The Morgan fingerprint density at radius 2 is 1.90 bits per heavy atom. The SMILES string of the molecule is O=C(Cn1cnc(-c2cccs2)cc1=O)Nc1ccc(-c2ccc(=O)[nH]n2)cc1. The quantitative estimate of drug-likeness (QED) is 0.530. The van der Waals surface area contributed by atoms with Crippen LogP contribution in [0.1, 0.15) is 0 Å². The van der Waals surface area contributed by atoms with Gasteiger partial charge in [0.25, 0.3) is 11.1 Å². The Morgan fingerprint density at radius 3 is 2.55 bits per heavy atom. The number of nitrogens with one attached hydrogen (secondary N) is 2. The smallest absolute Gasteiger partial charge is 0.264 e. The molecule has 8 nitrogen and oxygen atoms in total. The Kier molecular flexibility index (Phi) is 5.12. The van der Waals surface area contributed by atoms with Gasteiger partial charge < -0.3 is 5.32 Å². The lowest BCUT2D eigenvalue weighted by Gasteiger charge is -2.08. The van der Waals surface area contributed by atoms with E-state index in [9.17, 15) is 14.4 Å². The minimum absolute atomic E-state index is 0.139. The number of nitrogens with zero attached hydrogens (tertiary/aromatic N) is 3. The molecule has 0 radical (unpaired) electrons. The highest BCUT2D eigenvalue weighted by atomic mass is 32.1. The lowest BCUT2D eigenvalue weighted by atomic mass is 10.1. The molecule has 0 bridgehead atoms. The molecule has 0 fully saturated rings. The first kappa shape index (κ1) is 18.5. The first-order chi connectivity index (χ1) is 14.1. The Bertz CT molecular complexity index is 1240. The van der Waals surface area contributed by atoms with Crippen LogP contribution in [-0.4, -0.2) is 25.7 Å². The van der Waals surface area contributed by atoms with Gasteiger partial charge in [0, 0.05) is 23.4 Å². The zero-order valence-electron chi connectivity index (χ0n) is 15.0. The fourth-order valence-corrected chi connectivity index (χ4v) is 3.38. The van der Waals surface area contributed by atoms with Gasteiger partial charge in [-0.05, 0) is 29.6 Å². The van der Waals surface area contributed by atoms with Crippen molar-refractivity contribution in [3.63, 3.8) is 0 Å². The van der Waals surface area contributed by atoms with Crippen molar-refractivity contribution in [3.05, 3.63) is 87.0 Å². The van der Waals surface area contributed by atoms with Crippen molar-refractivity contribution in [3.8, 4) is 21.8 Å². The number of rotatable bonds is 5. The van der Waals surface area contributed by atoms with Crippen LogP contribution in [0.15, 0.2) is 75.9 Å². The molecule has 0 atom stereocenters. The van der Waals surface area contributed by atoms with E-state index in [0.717, 1.165) is 10.4 Å². The molecule has 1 aromatic carbocycles. The molecule has 0 aliphatic heterocycles. The minimum Gasteiger partial charge on any atom is -0.325 e. The van der Waals surface area contributed by atoms with Gasteiger partial charge in [-0.25, -0.2) is 10.1 Å². The first-order valence-corrected chi connectivity index (χ1v) is 9.53. The topological polar surface area (TPSA) is 110 Å². The van der Waals surface area contributed by atoms with Crippen molar-refractivity contribution >= 4 is 22.9 Å². The number of carbonyl (C=O) groups is 1. The summed E-state index contributed by atoms with van der Waals surface area (Å²) in [7, 11) is 0. The highest BCUT2D eigenvalue weighted by molar-refractivity contribution is 7.13. The number of anilines is 1. The predicted octanol–water partition coefficient (Wildman–Crippen LogP) is 2.36. The molecule has 2 N–H and O–H groups in total. The Balaban J connectivity index is 1.42. The zero-order valence-corrected chi connectivity index (χ0v) is 15.8. The van der Waals surface area contributed by atoms with E-state index in [1.54, 1.807) is 30.3 Å². The molecule has 0 unspecified atom stereocenters. The van der Waals surface area contributed by atoms with Crippen LogP contribution in [0.5, 0.6) is 0 Å². The van der Waals surface area contributed by atoms with Crippen LogP contribution in [-0.2, 0) is 11.3 Å². The fraction of sp³-hybridized carbons (Fsp3) is 0.0500. The molecule has 0 spiro atoms. The van der Waals surface area contributed by atoms with Crippen LogP contribution in [0, 0.1) is 0 Å². The van der Waals surface area contributed by atoms with Crippen molar-refractivity contribution in [2.45, 2.75) is 6.54 Å². The summed E-state index contributed by atoms with van der Waals surface area (Å²) in [4.78, 5) is 40.8. The third-order valence-electron chi connectivity index (χ3n) is 4.11. The minimum atomic E-state index is -0.340. The van der Waals surface area contributed by atoms with Crippen molar-refractivity contribution in [2.75, 3.05) is 5.32 Å². The summed E-state index contributed by atoms with van der Waals surface area (Å²) in [5.74, 6) is -0.340. The van der Waals surface area contributed by atoms with Crippen molar-refractivity contribution in [2.24, 2.45) is 0 Å². The van der Waals surface area contributed by atoms with Crippen molar-refractivity contribution in [1.29, 1.82) is 0 Å². The van der Waals surface area contributed by atoms with E-state index < -0.39 is 0 Å². The number of benzene rings is 1. The van der Waals surface area contributed by atoms with Gasteiger partial charge in [-0.15, -0.1) is 11.3 Å². The van der Waals surface area contributed by atoms with Gasteiger partial charge in [-0.1, -0.05) is 18.2 Å². The normalized spacial score (nSPS) is 10.6. The van der Waals surface area contributed by atoms with Crippen molar-refractivity contribution in [1.82, 2.24) is 19.7 Å². The summed E-state index contributed by atoms with van der Waals surface area (Å²) < 4.78 is 1.26. The monoisotopic (exact) mass is 405 g/mol. The van der Waals surface area contributed by atoms with Crippen LogP contribution in [0.25, 0.3) is 21.8 Å². The Hall–Kier alpha value is -3.85. The molecular weight excluding hydrogens is 390 g/mol. The molecule has 29 heavy (non-hydrogen) atoms. The summed E-state index contributed by atoms with van der Waals surface area (Å²) in [6.45, 7) is -0.139. The average molecular weight is 405 g/mol. The Morgan fingerprint density at radius 1 is 1.07 bits per heavy atom. The van der Waals surface area contributed by atoms with Crippen molar-refractivity contribution < 1.29 is 4.79 Å². The van der Waals surface area contributed by atoms with Gasteiger partial charge in [0.05, 0.1) is 22.6 Å². The van der Waals surface area contributed by atoms with Gasteiger partial charge in [-0.2, -0.15) is 5.10 Å². The summed E-state index contributed by atoms with van der Waals surface area (Å²) in [6.07, 6.45) is 1.38. The van der Waals surface area contributed by atoms with Gasteiger partial charge in [0.15, 0.2) is 0 Å². The molecule has 3 aromatic heterocycles. The second kappa shape index (κ2) is 8.03. The average Bonchev–Trinajstić information content (AvgIpc) is 3.26. The van der Waals surface area contributed by atoms with E-state index in [2.05, 4.69) is 20.5 Å². The van der Waals surface area contributed by atoms with Crippen LogP contribution in [0.3, 0.4) is 0 Å². The van der Waals surface area contributed by atoms with Gasteiger partial charge in [-0.3, -0.25) is 19.0 Å². The van der Waals surface area contributed by atoms with E-state index in [1.165, 1.54) is 34.4 Å². The molecule has 0 aliphatic carbocycles. The zero-order chi connectivity index (χ0) is 20.2. The lowest BCUT2D eigenvalue weighted by molar-refractivity contribution is -0.116. The van der Waals surface area contributed by atoms with Gasteiger partial charge in [0.1, 0.15) is 6.54 Å². The predicted molar refractivity (Wildman–Crippen MR) is 111 cm³/mol. The molecule has 144 valence electrons. The number of carbonyl (C=O) groups excluding carboxylic acids is 1. The molecule has 3 heterocycles. The second-order valence-corrected chi connectivity index (χ2v) is 7.10. The van der Waals surface area contributed by atoms with Gasteiger partial charge in [0.2, 0.25) is 5.91 Å². The van der Waals surface area contributed by atoms with Crippen LogP contribution in [0.4, 0.5) is 5.69 Å². The van der Waals surface area contributed by atoms with Gasteiger partial charge >= 0.3 is 0 Å². The number of H-pyrrole nitrogens is 1. The maximum Gasteiger partial charge on any atom is 0.264 e. The number of thiophene rings is 1. The standard InChI is InChI=1S/C20H15N5O3S/c26-18-8-7-15(23-24-18)13-3-5-14(6-4-13)22-19(27)11-25-12-21-16(10-20(25)28)17-2-1-9-29-17/h1-10,12H,11H2,(H,22,27)(H,24,26). The number of aromatic amines is 1. The largest absolute Gasteiger partial charge is 0.325 e. The maximum atomic E-state index is 12.3.